The summed E-state index contributed by atoms with van der Waals surface area (Å²) in [5.41, 5.74) is 4.18. The highest BCUT2D eigenvalue weighted by atomic mass is 19.1. The molecule has 6 rings (SSSR count). The van der Waals surface area contributed by atoms with Crippen molar-refractivity contribution in [3.05, 3.63) is 42.3 Å². The van der Waals surface area contributed by atoms with Gasteiger partial charge in [-0.2, -0.15) is 0 Å². The molecule has 0 saturated carbocycles. The van der Waals surface area contributed by atoms with Crippen molar-refractivity contribution in [2.75, 3.05) is 57.1 Å². The standard InChI is InChI=1S/C28H36FN9/c1-18-16-37(17-19(2)35(18)5)28-33-32-26-15-30-24-8-7-23(31-27(24)38(26)28)20-6-9-25(22(29)14-20)36-12-10-21(11-13-36)34(3)4/h6-9,14-15,18-19,21H,10-13,16-17H2,1-5H3/t18-,19+. The molecule has 3 aromatic heterocycles. The van der Waals surface area contributed by atoms with E-state index in [2.05, 4.69) is 69.8 Å². The smallest absolute Gasteiger partial charge is 0.233 e. The van der Waals surface area contributed by atoms with Crippen molar-refractivity contribution in [2.45, 2.75) is 44.8 Å². The molecule has 0 bridgehead atoms. The Morgan fingerprint density at radius 3 is 2.37 bits per heavy atom. The van der Waals surface area contributed by atoms with Crippen LogP contribution in [0.2, 0.25) is 0 Å². The number of aromatic nitrogens is 5. The van der Waals surface area contributed by atoms with Gasteiger partial charge in [0, 0.05) is 49.9 Å². The number of benzene rings is 1. The summed E-state index contributed by atoms with van der Waals surface area (Å²) in [6.45, 7) is 7.87. The van der Waals surface area contributed by atoms with E-state index >= 15 is 4.39 Å². The number of fused-ring (bicyclic) bond motifs is 3. The third kappa shape index (κ3) is 4.35. The monoisotopic (exact) mass is 517 g/mol. The van der Waals surface area contributed by atoms with Crippen LogP contribution < -0.4 is 9.80 Å². The van der Waals surface area contributed by atoms with Crippen molar-refractivity contribution >= 4 is 28.4 Å². The summed E-state index contributed by atoms with van der Waals surface area (Å²) < 4.78 is 17.4. The zero-order valence-corrected chi connectivity index (χ0v) is 22.8. The van der Waals surface area contributed by atoms with Crippen LogP contribution in [-0.4, -0.2) is 99.8 Å². The minimum absolute atomic E-state index is 0.213. The van der Waals surface area contributed by atoms with Crippen LogP contribution in [0.4, 0.5) is 16.0 Å². The highest BCUT2D eigenvalue weighted by molar-refractivity contribution is 5.79. The third-order valence-corrected chi connectivity index (χ3v) is 8.48. The van der Waals surface area contributed by atoms with Gasteiger partial charge in [-0.05, 0) is 72.1 Å². The van der Waals surface area contributed by atoms with Crippen LogP contribution in [0.15, 0.2) is 36.5 Å². The number of hydrogen-bond donors (Lipinski definition) is 0. The van der Waals surface area contributed by atoms with E-state index in [1.807, 2.05) is 28.7 Å². The van der Waals surface area contributed by atoms with Crippen LogP contribution in [0.25, 0.3) is 28.1 Å². The molecule has 10 heteroatoms. The minimum atomic E-state index is -0.213. The van der Waals surface area contributed by atoms with Gasteiger partial charge in [0.15, 0.2) is 11.3 Å². The Kier molecular flexibility index (Phi) is 6.39. The lowest BCUT2D eigenvalue weighted by atomic mass is 10.0. The maximum atomic E-state index is 15.4. The van der Waals surface area contributed by atoms with Crippen molar-refractivity contribution < 1.29 is 4.39 Å². The molecule has 0 amide bonds. The van der Waals surface area contributed by atoms with E-state index in [9.17, 15) is 0 Å². The van der Waals surface area contributed by atoms with E-state index < -0.39 is 0 Å². The number of likely N-dealkylation sites (N-methyl/N-ethyl adjacent to an activating group) is 1. The molecule has 2 aliphatic heterocycles. The summed E-state index contributed by atoms with van der Waals surface area (Å²) in [4.78, 5) is 18.6. The molecule has 0 radical (unpaired) electrons. The lowest BCUT2D eigenvalue weighted by molar-refractivity contribution is 0.169. The van der Waals surface area contributed by atoms with Crippen LogP contribution in [0.5, 0.6) is 0 Å². The first-order valence-electron chi connectivity index (χ1n) is 13.5. The molecule has 2 aliphatic rings. The number of piperazine rings is 1. The molecule has 0 spiro atoms. The Labute approximate surface area is 222 Å². The zero-order chi connectivity index (χ0) is 26.6. The Morgan fingerprint density at radius 1 is 0.947 bits per heavy atom. The summed E-state index contributed by atoms with van der Waals surface area (Å²) in [5.74, 6) is 0.556. The second-order valence-corrected chi connectivity index (χ2v) is 11.1. The average Bonchev–Trinajstić information content (AvgIpc) is 3.36. The predicted molar refractivity (Wildman–Crippen MR) is 149 cm³/mol. The fourth-order valence-corrected chi connectivity index (χ4v) is 5.89. The van der Waals surface area contributed by atoms with E-state index in [0.717, 1.165) is 56.0 Å². The maximum absolute atomic E-state index is 15.4. The molecule has 2 atom stereocenters. The van der Waals surface area contributed by atoms with Crippen molar-refractivity contribution in [3.63, 3.8) is 0 Å². The first kappa shape index (κ1) is 24.9. The van der Waals surface area contributed by atoms with Gasteiger partial charge in [-0.15, -0.1) is 10.2 Å². The minimum Gasteiger partial charge on any atom is -0.369 e. The van der Waals surface area contributed by atoms with E-state index in [1.54, 1.807) is 12.3 Å². The Bertz CT molecular complexity index is 1450. The van der Waals surface area contributed by atoms with Gasteiger partial charge in [0.05, 0.1) is 17.6 Å². The van der Waals surface area contributed by atoms with E-state index in [0.29, 0.717) is 40.8 Å². The number of piperidine rings is 1. The van der Waals surface area contributed by atoms with Crippen LogP contribution >= 0.6 is 0 Å². The molecule has 4 aromatic rings. The van der Waals surface area contributed by atoms with Gasteiger partial charge < -0.3 is 14.7 Å². The van der Waals surface area contributed by atoms with E-state index in [1.165, 1.54) is 0 Å². The number of hydrogen-bond acceptors (Lipinski definition) is 8. The SMILES string of the molecule is C[C@@H]1CN(c2nnc3cnc4ccc(-c5ccc(N6CCC(N(C)C)CC6)c(F)c5)nc4n23)C[C@H](C)N1C. The molecule has 38 heavy (non-hydrogen) atoms. The predicted octanol–water partition coefficient (Wildman–Crippen LogP) is 3.54. The van der Waals surface area contributed by atoms with Gasteiger partial charge in [0.1, 0.15) is 11.3 Å². The van der Waals surface area contributed by atoms with Crippen LogP contribution in [0.3, 0.4) is 0 Å². The molecule has 200 valence electrons. The average molecular weight is 518 g/mol. The summed E-state index contributed by atoms with van der Waals surface area (Å²) in [6, 6.07) is 10.6. The van der Waals surface area contributed by atoms with Gasteiger partial charge in [-0.25, -0.2) is 18.8 Å². The van der Waals surface area contributed by atoms with Crippen molar-refractivity contribution in [2.24, 2.45) is 0 Å². The molecular formula is C28H36FN9. The summed E-state index contributed by atoms with van der Waals surface area (Å²) >= 11 is 0. The maximum Gasteiger partial charge on any atom is 0.233 e. The third-order valence-electron chi connectivity index (χ3n) is 8.48. The number of pyridine rings is 1. The van der Waals surface area contributed by atoms with Crippen molar-refractivity contribution in [3.8, 4) is 11.3 Å². The van der Waals surface area contributed by atoms with Gasteiger partial charge in [0.2, 0.25) is 5.95 Å². The lowest BCUT2D eigenvalue weighted by Gasteiger charge is -2.42. The molecule has 0 aliphatic carbocycles. The summed E-state index contributed by atoms with van der Waals surface area (Å²) in [6.07, 6.45) is 3.81. The lowest BCUT2D eigenvalue weighted by Crippen LogP contribution is -2.55. The first-order valence-corrected chi connectivity index (χ1v) is 13.5. The number of nitrogens with zero attached hydrogens (tertiary/aromatic N) is 9. The number of halogens is 1. The molecule has 2 saturated heterocycles. The summed E-state index contributed by atoms with van der Waals surface area (Å²) in [5, 5.41) is 8.93. The van der Waals surface area contributed by atoms with Crippen LogP contribution in [0, 0.1) is 5.82 Å². The molecule has 2 fully saturated rings. The van der Waals surface area contributed by atoms with Gasteiger partial charge >= 0.3 is 0 Å². The quantitative estimate of drug-likeness (QED) is 0.407. The number of anilines is 2. The molecule has 5 heterocycles. The normalized spacial score (nSPS) is 21.8. The Hall–Kier alpha value is -3.37. The number of rotatable bonds is 4. The second kappa shape index (κ2) is 9.74. The van der Waals surface area contributed by atoms with Crippen LogP contribution in [0.1, 0.15) is 26.7 Å². The summed E-state index contributed by atoms with van der Waals surface area (Å²) in [7, 11) is 6.40. The van der Waals surface area contributed by atoms with E-state index in [-0.39, 0.29) is 5.82 Å². The first-order chi connectivity index (χ1) is 18.3. The Balaban J connectivity index is 1.34. The Morgan fingerprint density at radius 2 is 1.68 bits per heavy atom. The largest absolute Gasteiger partial charge is 0.369 e. The molecule has 0 N–H and O–H groups in total. The molecule has 9 nitrogen and oxygen atoms in total. The van der Waals surface area contributed by atoms with Crippen molar-refractivity contribution in [1.82, 2.24) is 34.4 Å². The molecule has 1 aromatic carbocycles. The van der Waals surface area contributed by atoms with E-state index in [4.69, 9.17) is 4.98 Å². The van der Waals surface area contributed by atoms with Gasteiger partial charge in [-0.1, -0.05) is 6.07 Å². The molecular weight excluding hydrogens is 481 g/mol. The zero-order valence-electron chi connectivity index (χ0n) is 22.8. The fraction of sp³-hybridized carbons (Fsp3) is 0.500. The van der Waals surface area contributed by atoms with Crippen molar-refractivity contribution in [1.29, 1.82) is 0 Å². The van der Waals surface area contributed by atoms with Gasteiger partial charge in [-0.3, -0.25) is 4.90 Å². The molecule has 0 unspecified atom stereocenters. The van der Waals surface area contributed by atoms with Gasteiger partial charge in [0.25, 0.3) is 0 Å². The highest BCUT2D eigenvalue weighted by Gasteiger charge is 2.30. The van der Waals surface area contributed by atoms with Crippen LogP contribution in [-0.2, 0) is 0 Å². The second-order valence-electron chi connectivity index (χ2n) is 11.1. The topological polar surface area (TPSA) is 68.9 Å². The fourth-order valence-electron chi connectivity index (χ4n) is 5.89. The highest BCUT2D eigenvalue weighted by Crippen LogP contribution is 2.30.